The highest BCUT2D eigenvalue weighted by Gasteiger charge is 2.20. The lowest BCUT2D eigenvalue weighted by molar-refractivity contribution is 0.0994. The van der Waals surface area contributed by atoms with E-state index in [0.29, 0.717) is 23.0 Å². The Morgan fingerprint density at radius 1 is 1.36 bits per heavy atom. The Balaban J connectivity index is 2.11. The molecule has 25 heavy (non-hydrogen) atoms. The zero-order chi connectivity index (χ0) is 18.6. The number of H-pyrrole nitrogens is 1. The number of rotatable bonds is 8. The number of carbonyl (C=O) groups excluding carboxylic acids is 1. The van der Waals surface area contributed by atoms with Crippen LogP contribution in [0.5, 0.6) is 0 Å². The molecule has 0 amide bonds. The molecule has 8 nitrogen and oxygen atoms in total. The molecule has 0 aliphatic carbocycles. The molecule has 10 heteroatoms. The summed E-state index contributed by atoms with van der Waals surface area (Å²) in [6, 6.07) is 6.20. The molecule has 0 spiro atoms. The number of Topliss-reactive ketones (excluding diaryl/α,β-unsaturated/α-hetero) is 1. The maximum atomic E-state index is 12.5. The van der Waals surface area contributed by atoms with Crippen LogP contribution in [-0.2, 0) is 16.6 Å². The molecule has 0 saturated heterocycles. The van der Waals surface area contributed by atoms with Gasteiger partial charge >= 0.3 is 5.69 Å². The summed E-state index contributed by atoms with van der Waals surface area (Å²) < 4.78 is 26.2. The van der Waals surface area contributed by atoms with Crippen molar-refractivity contribution < 1.29 is 13.2 Å². The van der Waals surface area contributed by atoms with Gasteiger partial charge in [0.1, 0.15) is 0 Å². The Kier molecular flexibility index (Phi) is 6.07. The third-order valence-electron chi connectivity index (χ3n) is 3.29. The van der Waals surface area contributed by atoms with Crippen molar-refractivity contribution in [2.75, 3.05) is 11.0 Å². The molecule has 0 radical (unpaired) electrons. The van der Waals surface area contributed by atoms with Crippen LogP contribution in [0.4, 0.5) is 5.69 Å². The molecule has 1 heterocycles. The normalized spacial score (nSPS) is 12.8. The van der Waals surface area contributed by atoms with E-state index in [-0.39, 0.29) is 11.5 Å². The van der Waals surface area contributed by atoms with Gasteiger partial charge in [-0.3, -0.25) is 14.1 Å². The van der Waals surface area contributed by atoms with E-state index in [4.69, 9.17) is 0 Å². The fourth-order valence-electron chi connectivity index (χ4n) is 2.18. The van der Waals surface area contributed by atoms with Gasteiger partial charge in [-0.1, -0.05) is 18.7 Å². The minimum Gasteiger partial charge on any atom is -0.293 e. The zero-order valence-electron chi connectivity index (χ0n) is 14.1. The van der Waals surface area contributed by atoms with Gasteiger partial charge in [0, 0.05) is 17.8 Å². The van der Waals surface area contributed by atoms with E-state index in [0.717, 1.165) is 12.7 Å². The molecule has 0 aliphatic heterocycles. The Morgan fingerprint density at radius 3 is 2.56 bits per heavy atom. The summed E-state index contributed by atoms with van der Waals surface area (Å²) in [4.78, 5) is 24.2. The van der Waals surface area contributed by atoms with E-state index < -0.39 is 15.3 Å². The Labute approximate surface area is 150 Å². The number of anilines is 1. The summed E-state index contributed by atoms with van der Waals surface area (Å²) in [5, 5.41) is 6.39. The SMILES string of the molecule is CCCn1c(S[C@H](C)C(=O)c2ccc(NS(C)(=O)=O)cc2)n[nH]c1=O. The summed E-state index contributed by atoms with van der Waals surface area (Å²) in [6.07, 6.45) is 1.84. The van der Waals surface area contributed by atoms with Crippen LogP contribution >= 0.6 is 11.8 Å². The first-order valence-corrected chi connectivity index (χ1v) is 10.4. The maximum absolute atomic E-state index is 12.5. The van der Waals surface area contributed by atoms with Gasteiger partial charge in [0.2, 0.25) is 10.0 Å². The minimum absolute atomic E-state index is 0.130. The standard InChI is InChI=1S/C15H20N4O4S2/c1-4-9-19-14(21)16-17-15(19)24-10(2)13(20)11-5-7-12(8-6-11)18-25(3,22)23/h5-8,10,18H,4,9H2,1-3H3,(H,16,21)/t10-/m1/s1. The van der Waals surface area contributed by atoms with Crippen LogP contribution in [0, 0.1) is 0 Å². The van der Waals surface area contributed by atoms with E-state index in [1.165, 1.54) is 28.5 Å². The predicted octanol–water partition coefficient (Wildman–Crippen LogP) is 1.72. The Hall–Kier alpha value is -2.07. The number of ketones is 1. The van der Waals surface area contributed by atoms with E-state index in [1.807, 2.05) is 6.92 Å². The molecule has 0 bridgehead atoms. The summed E-state index contributed by atoms with van der Waals surface area (Å²) >= 11 is 1.21. The van der Waals surface area contributed by atoms with Gasteiger partial charge < -0.3 is 0 Å². The quantitative estimate of drug-likeness (QED) is 0.529. The average molecular weight is 384 g/mol. The fraction of sp³-hybridized carbons (Fsp3) is 0.400. The topological polar surface area (TPSA) is 114 Å². The van der Waals surface area contributed by atoms with E-state index in [2.05, 4.69) is 14.9 Å². The molecule has 0 saturated carbocycles. The molecule has 2 rings (SSSR count). The van der Waals surface area contributed by atoms with Crippen molar-refractivity contribution in [2.45, 2.75) is 37.2 Å². The number of carbonyl (C=O) groups is 1. The number of hydrogen-bond donors (Lipinski definition) is 2. The predicted molar refractivity (Wildman–Crippen MR) is 97.7 cm³/mol. The smallest absolute Gasteiger partial charge is 0.293 e. The van der Waals surface area contributed by atoms with Gasteiger partial charge in [0.05, 0.1) is 11.5 Å². The van der Waals surface area contributed by atoms with Crippen LogP contribution in [0.3, 0.4) is 0 Å². The van der Waals surface area contributed by atoms with E-state index in [1.54, 1.807) is 19.1 Å². The van der Waals surface area contributed by atoms with Crippen molar-refractivity contribution in [1.29, 1.82) is 0 Å². The number of sulfonamides is 1. The van der Waals surface area contributed by atoms with Crippen molar-refractivity contribution in [2.24, 2.45) is 0 Å². The number of aromatic nitrogens is 3. The number of hydrogen-bond acceptors (Lipinski definition) is 6. The number of aromatic amines is 1. The summed E-state index contributed by atoms with van der Waals surface area (Å²) in [6.45, 7) is 4.23. The second kappa shape index (κ2) is 7.87. The van der Waals surface area contributed by atoms with Gasteiger partial charge in [-0.05, 0) is 37.6 Å². The fourth-order valence-corrected chi connectivity index (χ4v) is 3.70. The first-order valence-electron chi connectivity index (χ1n) is 7.65. The number of nitrogens with one attached hydrogen (secondary N) is 2. The van der Waals surface area contributed by atoms with Crippen molar-refractivity contribution in [3.05, 3.63) is 40.3 Å². The Morgan fingerprint density at radius 2 is 2.00 bits per heavy atom. The van der Waals surface area contributed by atoms with E-state index >= 15 is 0 Å². The van der Waals surface area contributed by atoms with Crippen molar-refractivity contribution >= 4 is 33.3 Å². The van der Waals surface area contributed by atoms with E-state index in [9.17, 15) is 18.0 Å². The summed E-state index contributed by atoms with van der Waals surface area (Å²) in [5.41, 5.74) is 0.558. The molecular weight excluding hydrogens is 364 g/mol. The van der Waals surface area contributed by atoms with Gasteiger partial charge in [0.25, 0.3) is 0 Å². The van der Waals surface area contributed by atoms with Crippen LogP contribution in [0.2, 0.25) is 0 Å². The van der Waals surface area contributed by atoms with Crippen molar-refractivity contribution in [1.82, 2.24) is 14.8 Å². The second-order valence-corrected chi connectivity index (χ2v) is 8.60. The summed E-state index contributed by atoms with van der Waals surface area (Å²) in [5.74, 6) is -0.130. The van der Waals surface area contributed by atoms with Crippen LogP contribution < -0.4 is 10.4 Å². The van der Waals surface area contributed by atoms with Gasteiger partial charge in [-0.2, -0.15) is 0 Å². The van der Waals surface area contributed by atoms with Gasteiger partial charge in [-0.25, -0.2) is 18.3 Å². The van der Waals surface area contributed by atoms with Crippen LogP contribution in [-0.4, -0.2) is 40.5 Å². The molecule has 2 aromatic rings. The molecule has 1 aromatic heterocycles. The lowest BCUT2D eigenvalue weighted by Crippen LogP contribution is -2.19. The molecule has 1 aromatic carbocycles. The Bertz CT molecular complexity index is 900. The minimum atomic E-state index is -3.36. The lowest BCUT2D eigenvalue weighted by Gasteiger charge is -2.11. The van der Waals surface area contributed by atoms with Gasteiger partial charge in [-0.15, -0.1) is 5.10 Å². The maximum Gasteiger partial charge on any atom is 0.343 e. The highest BCUT2D eigenvalue weighted by atomic mass is 32.2. The molecule has 0 fully saturated rings. The molecule has 1 atom stereocenters. The monoisotopic (exact) mass is 384 g/mol. The molecular formula is C15H20N4O4S2. The zero-order valence-corrected chi connectivity index (χ0v) is 15.8. The first-order chi connectivity index (χ1) is 11.7. The number of nitrogens with zero attached hydrogens (tertiary/aromatic N) is 2. The average Bonchev–Trinajstić information content (AvgIpc) is 2.87. The van der Waals surface area contributed by atoms with Crippen LogP contribution in [0.1, 0.15) is 30.6 Å². The van der Waals surface area contributed by atoms with Crippen LogP contribution in [0.25, 0.3) is 0 Å². The highest BCUT2D eigenvalue weighted by Crippen LogP contribution is 2.24. The number of thioether (sulfide) groups is 1. The molecule has 136 valence electrons. The molecule has 0 unspecified atom stereocenters. The highest BCUT2D eigenvalue weighted by molar-refractivity contribution is 8.00. The largest absolute Gasteiger partial charge is 0.343 e. The van der Waals surface area contributed by atoms with Crippen LogP contribution in [0.15, 0.2) is 34.2 Å². The lowest BCUT2D eigenvalue weighted by atomic mass is 10.1. The third kappa shape index (κ3) is 5.20. The summed E-state index contributed by atoms with van der Waals surface area (Å²) in [7, 11) is -3.36. The third-order valence-corrected chi connectivity index (χ3v) is 4.99. The first kappa shape index (κ1) is 19.3. The second-order valence-electron chi connectivity index (χ2n) is 5.54. The number of benzene rings is 1. The molecule has 0 aliphatic rings. The molecule has 2 N–H and O–H groups in total. The van der Waals surface area contributed by atoms with Crippen molar-refractivity contribution in [3.8, 4) is 0 Å². The van der Waals surface area contributed by atoms with Crippen molar-refractivity contribution in [3.63, 3.8) is 0 Å². The van der Waals surface area contributed by atoms with Gasteiger partial charge in [0.15, 0.2) is 10.9 Å².